The fourth-order valence-electron chi connectivity index (χ4n) is 2.15. The van der Waals surface area contributed by atoms with Crippen molar-refractivity contribution in [3.63, 3.8) is 0 Å². The van der Waals surface area contributed by atoms with Gasteiger partial charge >= 0.3 is 6.18 Å². The maximum atomic E-state index is 13.3. The minimum Gasteiger partial charge on any atom is -0.394 e. The summed E-state index contributed by atoms with van der Waals surface area (Å²) in [6, 6.07) is 2.98. The fraction of sp³-hybridized carbons (Fsp3) is 0.267. The van der Waals surface area contributed by atoms with Crippen LogP contribution in [0.2, 0.25) is 0 Å². The Morgan fingerprint density at radius 1 is 1.46 bits per heavy atom. The topological polar surface area (TPSA) is 137 Å². The number of nitrogens with two attached hydrogens (primary N) is 1. The number of benzene rings is 1. The molecule has 0 fully saturated rings. The third-order valence-electron chi connectivity index (χ3n) is 3.37. The lowest BCUT2D eigenvalue weighted by atomic mass is 10.1. The molecule has 0 aliphatic carbocycles. The van der Waals surface area contributed by atoms with Gasteiger partial charge in [-0.15, -0.1) is 0 Å². The Balaban J connectivity index is 2.49. The number of nitrogens with one attached hydrogen (secondary N) is 2. The van der Waals surface area contributed by atoms with Gasteiger partial charge in [0.25, 0.3) is 0 Å². The second-order valence-corrected chi connectivity index (χ2v) is 7.41. The Labute approximate surface area is 168 Å². The van der Waals surface area contributed by atoms with Gasteiger partial charge in [-0.3, -0.25) is 0 Å². The number of nitrogens with zero attached hydrogens (tertiary/aromatic N) is 3. The number of halogens is 4. The average molecular weight is 479 g/mol. The monoisotopic (exact) mass is 478 g/mol. The highest BCUT2D eigenvalue weighted by atomic mass is 79.9. The lowest BCUT2D eigenvalue weighted by molar-refractivity contribution is -0.139. The van der Waals surface area contributed by atoms with Gasteiger partial charge in [-0.2, -0.15) is 23.4 Å². The SMILES string of the molecule is C[C@H](CO)Nc1nc(Nc2cc(C#N)c(S(N)=O)c(C(F)(F)F)c2)ncc1Br. The molecule has 5 N–H and O–H groups in total. The van der Waals surface area contributed by atoms with Crippen molar-refractivity contribution < 1.29 is 22.5 Å². The molecule has 1 aromatic heterocycles. The average Bonchev–Trinajstić information content (AvgIpc) is 2.62. The summed E-state index contributed by atoms with van der Waals surface area (Å²) in [5.74, 6) is 0.241. The van der Waals surface area contributed by atoms with Gasteiger partial charge in [0.2, 0.25) is 5.95 Å². The summed E-state index contributed by atoms with van der Waals surface area (Å²) in [7, 11) is -2.51. The minimum atomic E-state index is -4.88. The van der Waals surface area contributed by atoms with Gasteiger partial charge in [-0.05, 0) is 35.0 Å². The van der Waals surface area contributed by atoms with Gasteiger partial charge in [0.05, 0.1) is 27.1 Å². The molecule has 28 heavy (non-hydrogen) atoms. The molecule has 0 aliphatic heterocycles. The smallest absolute Gasteiger partial charge is 0.394 e. The summed E-state index contributed by atoms with van der Waals surface area (Å²) in [5.41, 5.74) is -1.91. The van der Waals surface area contributed by atoms with Crippen molar-refractivity contribution in [2.75, 3.05) is 17.2 Å². The van der Waals surface area contributed by atoms with Crippen molar-refractivity contribution in [1.29, 1.82) is 5.26 Å². The summed E-state index contributed by atoms with van der Waals surface area (Å²) >= 11 is 3.22. The van der Waals surface area contributed by atoms with E-state index in [9.17, 15) is 17.4 Å². The Bertz CT molecular complexity index is 951. The summed E-state index contributed by atoms with van der Waals surface area (Å²) in [4.78, 5) is 7.28. The van der Waals surface area contributed by atoms with Gasteiger partial charge in [-0.1, -0.05) is 0 Å². The molecule has 150 valence electrons. The van der Waals surface area contributed by atoms with E-state index in [0.717, 1.165) is 6.07 Å². The van der Waals surface area contributed by atoms with Crippen LogP contribution in [0.15, 0.2) is 27.7 Å². The number of nitriles is 1. The Morgan fingerprint density at radius 3 is 2.68 bits per heavy atom. The molecule has 1 unspecified atom stereocenters. The van der Waals surface area contributed by atoms with E-state index < -0.39 is 33.2 Å². The van der Waals surface area contributed by atoms with Gasteiger partial charge in [-0.25, -0.2) is 14.3 Å². The van der Waals surface area contributed by atoms with Crippen LogP contribution in [0.3, 0.4) is 0 Å². The molecule has 2 rings (SSSR count). The summed E-state index contributed by atoms with van der Waals surface area (Å²) in [6.07, 6.45) is -3.52. The van der Waals surface area contributed by atoms with E-state index in [2.05, 4.69) is 36.5 Å². The van der Waals surface area contributed by atoms with E-state index in [0.29, 0.717) is 16.4 Å². The zero-order valence-corrected chi connectivity index (χ0v) is 16.6. The van der Waals surface area contributed by atoms with Gasteiger partial charge in [0.15, 0.2) is 0 Å². The molecule has 0 amide bonds. The van der Waals surface area contributed by atoms with Gasteiger partial charge < -0.3 is 15.7 Å². The number of anilines is 3. The van der Waals surface area contributed by atoms with Crippen LogP contribution in [-0.2, 0) is 17.2 Å². The van der Waals surface area contributed by atoms with Crippen LogP contribution in [0.25, 0.3) is 0 Å². The Hall–Kier alpha value is -2.27. The quantitative estimate of drug-likeness (QED) is 0.500. The second kappa shape index (κ2) is 8.82. The maximum absolute atomic E-state index is 13.3. The number of aromatic nitrogens is 2. The lowest BCUT2D eigenvalue weighted by Gasteiger charge is -2.16. The molecule has 13 heteroatoms. The molecule has 0 radical (unpaired) electrons. The molecule has 8 nitrogen and oxygen atoms in total. The van der Waals surface area contributed by atoms with Crippen molar-refractivity contribution in [2.45, 2.75) is 24.0 Å². The van der Waals surface area contributed by atoms with E-state index in [4.69, 9.17) is 15.5 Å². The third kappa shape index (κ3) is 5.16. The standard InChI is InChI=1S/C15H14BrF3N6O2S/c1-7(6-26)23-13-11(16)5-22-14(25-13)24-9-2-8(4-20)12(28(21)27)10(3-9)15(17,18)19/h2-3,5,7,26H,6,21H2,1H3,(H2,22,23,24,25)/t7-,28?/m1/s1. The fourth-order valence-corrected chi connectivity index (χ4v) is 3.17. The number of aliphatic hydroxyl groups excluding tert-OH is 1. The first-order valence-corrected chi connectivity index (χ1v) is 9.55. The minimum absolute atomic E-state index is 0.0607. The van der Waals surface area contributed by atoms with Crippen molar-refractivity contribution in [2.24, 2.45) is 5.14 Å². The highest BCUT2D eigenvalue weighted by Gasteiger charge is 2.36. The highest BCUT2D eigenvalue weighted by molar-refractivity contribution is 9.10. The number of rotatable bonds is 6. The number of aliphatic hydroxyl groups is 1. The lowest BCUT2D eigenvalue weighted by Crippen LogP contribution is -2.20. The largest absolute Gasteiger partial charge is 0.417 e. The molecule has 0 saturated carbocycles. The van der Waals surface area contributed by atoms with Crippen LogP contribution < -0.4 is 15.8 Å². The molecule has 0 spiro atoms. The van der Waals surface area contributed by atoms with Crippen LogP contribution >= 0.6 is 15.9 Å². The predicted octanol–water partition coefficient (Wildman–Crippen LogP) is 2.65. The molecule has 1 aromatic carbocycles. The van der Waals surface area contributed by atoms with E-state index in [-0.39, 0.29) is 24.3 Å². The van der Waals surface area contributed by atoms with Crippen molar-refractivity contribution in [3.8, 4) is 6.07 Å². The third-order valence-corrected chi connectivity index (χ3v) is 4.80. The molecular weight excluding hydrogens is 465 g/mol. The highest BCUT2D eigenvalue weighted by Crippen LogP contribution is 2.37. The van der Waals surface area contributed by atoms with E-state index >= 15 is 0 Å². The Morgan fingerprint density at radius 2 is 2.14 bits per heavy atom. The molecule has 0 bridgehead atoms. The van der Waals surface area contributed by atoms with Crippen LogP contribution in [0, 0.1) is 11.3 Å². The van der Waals surface area contributed by atoms with E-state index in [1.807, 2.05) is 0 Å². The van der Waals surface area contributed by atoms with E-state index in [1.54, 1.807) is 13.0 Å². The number of alkyl halides is 3. The van der Waals surface area contributed by atoms with Crippen LogP contribution in [0.4, 0.5) is 30.6 Å². The Kier molecular flexibility index (Phi) is 6.94. The molecule has 2 atom stereocenters. The summed E-state index contributed by atoms with van der Waals surface area (Å²) in [6.45, 7) is 1.53. The van der Waals surface area contributed by atoms with Crippen LogP contribution in [0.5, 0.6) is 0 Å². The molecule has 2 aromatic rings. The first-order chi connectivity index (χ1) is 13.1. The summed E-state index contributed by atoms with van der Waals surface area (Å²) < 4.78 is 52.0. The molecule has 0 saturated heterocycles. The zero-order chi connectivity index (χ0) is 21.1. The first-order valence-electron chi connectivity index (χ1n) is 7.55. The zero-order valence-electron chi connectivity index (χ0n) is 14.2. The van der Waals surface area contributed by atoms with Crippen molar-refractivity contribution >= 4 is 44.4 Å². The maximum Gasteiger partial charge on any atom is 0.417 e. The van der Waals surface area contributed by atoms with Crippen molar-refractivity contribution in [3.05, 3.63) is 33.9 Å². The number of hydrogen-bond acceptors (Lipinski definition) is 7. The van der Waals surface area contributed by atoms with Gasteiger partial charge in [0, 0.05) is 17.9 Å². The number of hydrogen-bond donors (Lipinski definition) is 4. The normalized spacial score (nSPS) is 13.5. The molecular formula is C15H14BrF3N6O2S. The molecule has 1 heterocycles. The first kappa shape index (κ1) is 22.0. The summed E-state index contributed by atoms with van der Waals surface area (Å²) in [5, 5.41) is 28.9. The van der Waals surface area contributed by atoms with E-state index in [1.165, 1.54) is 6.20 Å². The van der Waals surface area contributed by atoms with Crippen molar-refractivity contribution in [1.82, 2.24) is 9.97 Å². The second-order valence-electron chi connectivity index (χ2n) is 5.55. The predicted molar refractivity (Wildman–Crippen MR) is 99.9 cm³/mol. The van der Waals surface area contributed by atoms with Crippen LogP contribution in [0.1, 0.15) is 18.1 Å². The molecule has 0 aliphatic rings. The van der Waals surface area contributed by atoms with Crippen LogP contribution in [-0.4, -0.2) is 31.9 Å². The van der Waals surface area contributed by atoms with Gasteiger partial charge in [0.1, 0.15) is 22.9 Å².